The number of rotatable bonds is 6. The van der Waals surface area contributed by atoms with Gasteiger partial charge in [0, 0.05) is 26.2 Å². The molecule has 0 aromatic heterocycles. The van der Waals surface area contributed by atoms with Crippen molar-refractivity contribution < 1.29 is 9.84 Å². The molecule has 0 spiro atoms. The first-order valence-corrected chi connectivity index (χ1v) is 6.54. The van der Waals surface area contributed by atoms with Crippen LogP contribution in [-0.4, -0.2) is 36.3 Å². The molecule has 0 bridgehead atoms. The predicted octanol–water partition coefficient (Wildman–Crippen LogP) is 3.01. The molecular formula is C13H20BrNO2. The number of hydrogen-bond donors (Lipinski definition) is 1. The van der Waals surface area contributed by atoms with Crippen molar-refractivity contribution in [2.24, 2.45) is 0 Å². The van der Waals surface area contributed by atoms with Crippen LogP contribution in [0.1, 0.15) is 19.4 Å². The van der Waals surface area contributed by atoms with E-state index in [1.807, 2.05) is 12.1 Å². The van der Waals surface area contributed by atoms with Crippen molar-refractivity contribution in [2.75, 3.05) is 20.3 Å². The molecule has 0 radical (unpaired) electrons. The molecule has 0 fully saturated rings. The van der Waals surface area contributed by atoms with Crippen molar-refractivity contribution in [2.45, 2.75) is 26.4 Å². The molecule has 0 unspecified atom stereocenters. The molecule has 1 rings (SSSR count). The minimum absolute atomic E-state index is 0.279. The van der Waals surface area contributed by atoms with Crippen molar-refractivity contribution >= 4 is 15.9 Å². The number of nitrogens with zero attached hydrogens (tertiary/aromatic N) is 1. The number of halogens is 1. The second-order valence-corrected chi connectivity index (χ2v) is 5.20. The fourth-order valence-corrected chi connectivity index (χ4v) is 2.04. The SMILES string of the molecule is COCCN(Cc1ccc(O)c(Br)c1)C(C)C. The van der Waals surface area contributed by atoms with Crippen LogP contribution in [0.4, 0.5) is 0 Å². The lowest BCUT2D eigenvalue weighted by molar-refractivity contribution is 0.125. The van der Waals surface area contributed by atoms with Crippen LogP contribution in [0, 0.1) is 0 Å². The fraction of sp³-hybridized carbons (Fsp3) is 0.538. The number of ether oxygens (including phenoxy) is 1. The number of hydrogen-bond acceptors (Lipinski definition) is 3. The van der Waals surface area contributed by atoms with Crippen LogP contribution in [0.5, 0.6) is 5.75 Å². The molecule has 0 saturated carbocycles. The first-order chi connectivity index (χ1) is 8.04. The molecule has 0 amide bonds. The molecule has 17 heavy (non-hydrogen) atoms. The van der Waals surface area contributed by atoms with E-state index in [2.05, 4.69) is 34.7 Å². The molecule has 0 saturated heterocycles. The normalized spacial score (nSPS) is 11.4. The molecule has 0 aliphatic heterocycles. The Balaban J connectivity index is 2.68. The van der Waals surface area contributed by atoms with Crippen LogP contribution >= 0.6 is 15.9 Å². The van der Waals surface area contributed by atoms with E-state index in [9.17, 15) is 5.11 Å². The minimum atomic E-state index is 0.279. The van der Waals surface area contributed by atoms with Crippen molar-refractivity contribution in [1.82, 2.24) is 4.90 Å². The summed E-state index contributed by atoms with van der Waals surface area (Å²) < 4.78 is 5.85. The van der Waals surface area contributed by atoms with Crippen LogP contribution < -0.4 is 0 Å². The van der Waals surface area contributed by atoms with Crippen LogP contribution in [0.2, 0.25) is 0 Å². The highest BCUT2D eigenvalue weighted by Gasteiger charge is 2.10. The van der Waals surface area contributed by atoms with Gasteiger partial charge >= 0.3 is 0 Å². The first-order valence-electron chi connectivity index (χ1n) is 5.75. The number of benzene rings is 1. The van der Waals surface area contributed by atoms with Gasteiger partial charge in [-0.05, 0) is 47.5 Å². The summed E-state index contributed by atoms with van der Waals surface area (Å²) in [5.41, 5.74) is 1.18. The van der Waals surface area contributed by atoms with Gasteiger partial charge in [-0.1, -0.05) is 6.07 Å². The van der Waals surface area contributed by atoms with Gasteiger partial charge in [-0.25, -0.2) is 0 Å². The van der Waals surface area contributed by atoms with E-state index in [1.54, 1.807) is 13.2 Å². The number of methoxy groups -OCH3 is 1. The Morgan fingerprint density at radius 3 is 2.65 bits per heavy atom. The van der Waals surface area contributed by atoms with Gasteiger partial charge in [-0.2, -0.15) is 0 Å². The van der Waals surface area contributed by atoms with E-state index in [4.69, 9.17) is 4.74 Å². The van der Waals surface area contributed by atoms with Gasteiger partial charge in [-0.15, -0.1) is 0 Å². The van der Waals surface area contributed by atoms with E-state index < -0.39 is 0 Å². The third-order valence-electron chi connectivity index (χ3n) is 2.71. The highest BCUT2D eigenvalue weighted by atomic mass is 79.9. The second-order valence-electron chi connectivity index (χ2n) is 4.34. The molecule has 4 heteroatoms. The predicted molar refractivity (Wildman–Crippen MR) is 73.2 cm³/mol. The summed E-state index contributed by atoms with van der Waals surface area (Å²) in [4.78, 5) is 2.34. The Bertz CT molecular complexity index is 355. The van der Waals surface area contributed by atoms with E-state index in [-0.39, 0.29) is 5.75 Å². The van der Waals surface area contributed by atoms with Crippen molar-refractivity contribution in [1.29, 1.82) is 0 Å². The third-order valence-corrected chi connectivity index (χ3v) is 3.35. The molecule has 1 aromatic carbocycles. The molecule has 1 N–H and O–H groups in total. The molecule has 0 heterocycles. The quantitative estimate of drug-likeness (QED) is 0.877. The maximum atomic E-state index is 9.45. The molecule has 3 nitrogen and oxygen atoms in total. The van der Waals surface area contributed by atoms with Gasteiger partial charge < -0.3 is 9.84 Å². The smallest absolute Gasteiger partial charge is 0.129 e. The monoisotopic (exact) mass is 301 g/mol. The maximum absolute atomic E-state index is 9.45. The minimum Gasteiger partial charge on any atom is -0.507 e. The molecule has 1 aromatic rings. The van der Waals surface area contributed by atoms with Crippen LogP contribution in [0.3, 0.4) is 0 Å². The summed E-state index contributed by atoms with van der Waals surface area (Å²) in [5, 5.41) is 9.45. The lowest BCUT2D eigenvalue weighted by atomic mass is 10.2. The van der Waals surface area contributed by atoms with Crippen LogP contribution in [-0.2, 0) is 11.3 Å². The summed E-state index contributed by atoms with van der Waals surface area (Å²) in [6, 6.07) is 6.09. The highest BCUT2D eigenvalue weighted by Crippen LogP contribution is 2.25. The van der Waals surface area contributed by atoms with Gasteiger partial charge in [0.2, 0.25) is 0 Å². The Morgan fingerprint density at radius 1 is 1.41 bits per heavy atom. The van der Waals surface area contributed by atoms with Gasteiger partial charge in [0.1, 0.15) is 5.75 Å². The fourth-order valence-electron chi connectivity index (χ4n) is 1.61. The number of phenolic OH excluding ortho intramolecular Hbond substituents is 1. The zero-order valence-corrected chi connectivity index (χ0v) is 12.2. The zero-order valence-electron chi connectivity index (χ0n) is 10.6. The number of aromatic hydroxyl groups is 1. The summed E-state index contributed by atoms with van der Waals surface area (Å²) in [6.07, 6.45) is 0. The lowest BCUT2D eigenvalue weighted by Gasteiger charge is -2.26. The zero-order chi connectivity index (χ0) is 12.8. The van der Waals surface area contributed by atoms with Gasteiger partial charge in [0.15, 0.2) is 0 Å². The highest BCUT2D eigenvalue weighted by molar-refractivity contribution is 9.10. The average molecular weight is 302 g/mol. The lowest BCUT2D eigenvalue weighted by Crippen LogP contribution is -2.33. The van der Waals surface area contributed by atoms with Gasteiger partial charge in [0.05, 0.1) is 11.1 Å². The summed E-state index contributed by atoms with van der Waals surface area (Å²) in [6.45, 7) is 6.85. The topological polar surface area (TPSA) is 32.7 Å². The van der Waals surface area contributed by atoms with E-state index in [1.165, 1.54) is 5.56 Å². The molecule has 0 aliphatic carbocycles. The summed E-state index contributed by atoms with van der Waals surface area (Å²) in [7, 11) is 1.72. The largest absolute Gasteiger partial charge is 0.507 e. The molecule has 0 atom stereocenters. The second kappa shape index (κ2) is 6.99. The Morgan fingerprint density at radius 2 is 2.12 bits per heavy atom. The van der Waals surface area contributed by atoms with E-state index >= 15 is 0 Å². The van der Waals surface area contributed by atoms with Crippen LogP contribution in [0.25, 0.3) is 0 Å². The first kappa shape index (κ1) is 14.5. The number of phenols is 1. The Labute approximate surface area is 112 Å². The van der Waals surface area contributed by atoms with E-state index in [0.717, 1.165) is 24.2 Å². The molecule has 0 aliphatic rings. The van der Waals surface area contributed by atoms with Crippen molar-refractivity contribution in [3.8, 4) is 5.75 Å². The Kier molecular flexibility index (Phi) is 5.95. The summed E-state index contributed by atoms with van der Waals surface area (Å²) in [5.74, 6) is 0.279. The van der Waals surface area contributed by atoms with Crippen molar-refractivity contribution in [3.05, 3.63) is 28.2 Å². The van der Waals surface area contributed by atoms with Crippen LogP contribution in [0.15, 0.2) is 22.7 Å². The third kappa shape index (κ3) is 4.66. The maximum Gasteiger partial charge on any atom is 0.129 e. The van der Waals surface area contributed by atoms with Crippen molar-refractivity contribution in [3.63, 3.8) is 0 Å². The Hall–Kier alpha value is -0.580. The average Bonchev–Trinajstić information content (AvgIpc) is 2.28. The summed E-state index contributed by atoms with van der Waals surface area (Å²) >= 11 is 3.33. The van der Waals surface area contributed by atoms with E-state index in [0.29, 0.717) is 6.04 Å². The van der Waals surface area contributed by atoms with Gasteiger partial charge in [0.25, 0.3) is 0 Å². The molecule has 96 valence electrons. The standard InChI is InChI=1S/C13H20BrNO2/c1-10(2)15(6-7-17-3)9-11-4-5-13(16)12(14)8-11/h4-5,8,10,16H,6-7,9H2,1-3H3. The molecular weight excluding hydrogens is 282 g/mol. The van der Waals surface area contributed by atoms with Gasteiger partial charge in [-0.3, -0.25) is 4.90 Å².